The minimum Gasteiger partial charge on any atom is -0.493 e. The summed E-state index contributed by atoms with van der Waals surface area (Å²) in [6, 6.07) is 14.8. The predicted octanol–water partition coefficient (Wildman–Crippen LogP) is 3.98. The maximum Gasteiger partial charge on any atom is 0.331 e. The smallest absolute Gasteiger partial charge is 0.331 e. The van der Waals surface area contributed by atoms with Crippen LogP contribution in [-0.2, 0) is 14.3 Å². The van der Waals surface area contributed by atoms with Crippen molar-refractivity contribution in [1.82, 2.24) is 0 Å². The lowest BCUT2D eigenvalue weighted by molar-refractivity contribution is -0.148. The normalized spacial score (nSPS) is 11.8. The number of ether oxygens (including phenoxy) is 2. The standard InChI is InChI=1S/C21H23NO4/c1-4-25-19-8-6-5-7-17(19)11-14-20(23)26-16(3)21(24)22-18-12-9-15(2)10-13-18/h5-14,16H,4H2,1-3H3,(H,22,24)/b14-11+/t16-/m1/s1. The number of carbonyl (C=O) groups excluding carboxylic acids is 2. The lowest BCUT2D eigenvalue weighted by Gasteiger charge is -2.12. The molecule has 2 rings (SSSR count). The number of esters is 1. The van der Waals surface area contributed by atoms with E-state index in [0.29, 0.717) is 18.0 Å². The molecule has 5 heteroatoms. The summed E-state index contributed by atoms with van der Waals surface area (Å²) in [5, 5.41) is 2.71. The molecule has 0 spiro atoms. The number of hydrogen-bond donors (Lipinski definition) is 1. The Bertz CT molecular complexity index is 781. The Hall–Kier alpha value is -3.08. The Morgan fingerprint density at radius 2 is 1.81 bits per heavy atom. The van der Waals surface area contributed by atoms with Gasteiger partial charge in [0, 0.05) is 17.3 Å². The zero-order valence-corrected chi connectivity index (χ0v) is 15.2. The summed E-state index contributed by atoms with van der Waals surface area (Å²) in [5.41, 5.74) is 2.52. The van der Waals surface area contributed by atoms with Gasteiger partial charge in [0.15, 0.2) is 6.10 Å². The van der Waals surface area contributed by atoms with E-state index in [9.17, 15) is 9.59 Å². The molecule has 0 heterocycles. The van der Waals surface area contributed by atoms with E-state index in [1.54, 1.807) is 18.2 Å². The van der Waals surface area contributed by atoms with Crippen LogP contribution in [0.1, 0.15) is 25.0 Å². The first-order chi connectivity index (χ1) is 12.5. The number of anilines is 1. The van der Waals surface area contributed by atoms with Crippen LogP contribution >= 0.6 is 0 Å². The second-order valence-corrected chi connectivity index (χ2v) is 5.74. The van der Waals surface area contributed by atoms with Crippen molar-refractivity contribution in [3.8, 4) is 5.75 Å². The molecule has 0 aromatic heterocycles. The molecule has 0 unspecified atom stereocenters. The summed E-state index contributed by atoms with van der Waals surface area (Å²) >= 11 is 0. The lowest BCUT2D eigenvalue weighted by atomic mass is 10.2. The Kier molecular flexibility index (Phi) is 6.97. The van der Waals surface area contributed by atoms with Gasteiger partial charge in [-0.15, -0.1) is 0 Å². The first-order valence-corrected chi connectivity index (χ1v) is 8.47. The molecule has 0 saturated heterocycles. The molecule has 0 radical (unpaired) electrons. The third-order valence-corrected chi connectivity index (χ3v) is 3.60. The van der Waals surface area contributed by atoms with Crippen LogP contribution in [0.5, 0.6) is 5.75 Å². The van der Waals surface area contributed by atoms with E-state index in [0.717, 1.165) is 11.1 Å². The van der Waals surface area contributed by atoms with Crippen LogP contribution in [0.2, 0.25) is 0 Å². The van der Waals surface area contributed by atoms with E-state index < -0.39 is 12.1 Å². The molecule has 1 amide bonds. The minimum absolute atomic E-state index is 0.384. The SMILES string of the molecule is CCOc1ccccc1/C=C/C(=O)O[C@H](C)C(=O)Nc1ccc(C)cc1. The molecule has 0 fully saturated rings. The van der Waals surface area contributed by atoms with Crippen molar-refractivity contribution in [1.29, 1.82) is 0 Å². The fraction of sp³-hybridized carbons (Fsp3) is 0.238. The fourth-order valence-corrected chi connectivity index (χ4v) is 2.21. The van der Waals surface area contributed by atoms with Crippen LogP contribution in [0, 0.1) is 6.92 Å². The van der Waals surface area contributed by atoms with Gasteiger partial charge >= 0.3 is 5.97 Å². The van der Waals surface area contributed by atoms with Gasteiger partial charge in [0.1, 0.15) is 5.75 Å². The Morgan fingerprint density at radius 3 is 2.50 bits per heavy atom. The Morgan fingerprint density at radius 1 is 1.12 bits per heavy atom. The Labute approximate surface area is 153 Å². The molecule has 1 atom stereocenters. The van der Waals surface area contributed by atoms with E-state index in [2.05, 4.69) is 5.32 Å². The molecular formula is C21H23NO4. The summed E-state index contributed by atoms with van der Waals surface area (Å²) in [7, 11) is 0. The quantitative estimate of drug-likeness (QED) is 0.604. The first-order valence-electron chi connectivity index (χ1n) is 8.47. The van der Waals surface area contributed by atoms with Crippen molar-refractivity contribution in [3.05, 3.63) is 65.7 Å². The number of amides is 1. The van der Waals surface area contributed by atoms with Crippen LogP contribution in [0.15, 0.2) is 54.6 Å². The predicted molar refractivity (Wildman–Crippen MR) is 102 cm³/mol. The second kappa shape index (κ2) is 9.42. The average Bonchev–Trinajstić information content (AvgIpc) is 2.63. The van der Waals surface area contributed by atoms with E-state index in [-0.39, 0.29) is 5.91 Å². The van der Waals surface area contributed by atoms with E-state index in [4.69, 9.17) is 9.47 Å². The molecule has 0 bridgehead atoms. The van der Waals surface area contributed by atoms with Gasteiger partial charge in [-0.1, -0.05) is 35.9 Å². The number of rotatable bonds is 7. The molecule has 0 saturated carbocycles. The molecular weight excluding hydrogens is 330 g/mol. The second-order valence-electron chi connectivity index (χ2n) is 5.74. The van der Waals surface area contributed by atoms with Crippen molar-refractivity contribution in [2.75, 3.05) is 11.9 Å². The largest absolute Gasteiger partial charge is 0.493 e. The molecule has 136 valence electrons. The van der Waals surface area contributed by atoms with Gasteiger partial charge in [-0.05, 0) is 45.0 Å². The van der Waals surface area contributed by atoms with Gasteiger partial charge in [-0.3, -0.25) is 4.79 Å². The van der Waals surface area contributed by atoms with Gasteiger partial charge in [0.05, 0.1) is 6.61 Å². The highest BCUT2D eigenvalue weighted by atomic mass is 16.5. The summed E-state index contributed by atoms with van der Waals surface area (Å²) < 4.78 is 10.6. The molecule has 2 aromatic carbocycles. The number of benzene rings is 2. The number of hydrogen-bond acceptors (Lipinski definition) is 4. The zero-order valence-electron chi connectivity index (χ0n) is 15.2. The average molecular weight is 353 g/mol. The maximum atomic E-state index is 12.1. The van der Waals surface area contributed by atoms with Gasteiger partial charge in [0.25, 0.3) is 5.91 Å². The van der Waals surface area contributed by atoms with Crippen LogP contribution in [0.25, 0.3) is 6.08 Å². The van der Waals surface area contributed by atoms with E-state index in [1.807, 2.05) is 50.2 Å². The molecule has 26 heavy (non-hydrogen) atoms. The number of nitrogens with one attached hydrogen (secondary N) is 1. The molecule has 0 aliphatic rings. The maximum absolute atomic E-state index is 12.1. The summed E-state index contributed by atoms with van der Waals surface area (Å²) in [4.78, 5) is 24.1. The minimum atomic E-state index is -0.907. The molecule has 1 N–H and O–H groups in total. The topological polar surface area (TPSA) is 64.6 Å². The molecule has 0 aliphatic heterocycles. The third kappa shape index (κ3) is 5.77. The van der Waals surface area contributed by atoms with E-state index in [1.165, 1.54) is 13.0 Å². The van der Waals surface area contributed by atoms with Crippen LogP contribution in [0.4, 0.5) is 5.69 Å². The molecule has 2 aromatic rings. The lowest BCUT2D eigenvalue weighted by Crippen LogP contribution is -2.29. The highest BCUT2D eigenvalue weighted by molar-refractivity contribution is 5.96. The summed E-state index contributed by atoms with van der Waals surface area (Å²) in [6.07, 6.45) is 1.99. The summed E-state index contributed by atoms with van der Waals surface area (Å²) in [5.74, 6) is -0.294. The highest BCUT2D eigenvalue weighted by Crippen LogP contribution is 2.19. The van der Waals surface area contributed by atoms with Crippen LogP contribution < -0.4 is 10.1 Å². The summed E-state index contributed by atoms with van der Waals surface area (Å²) in [6.45, 7) is 5.92. The highest BCUT2D eigenvalue weighted by Gasteiger charge is 2.16. The molecule has 0 aliphatic carbocycles. The van der Waals surface area contributed by atoms with Gasteiger partial charge in [0.2, 0.25) is 0 Å². The van der Waals surface area contributed by atoms with Crippen molar-refractivity contribution in [2.45, 2.75) is 26.9 Å². The van der Waals surface area contributed by atoms with Gasteiger partial charge < -0.3 is 14.8 Å². The number of para-hydroxylation sites is 1. The molecule has 5 nitrogen and oxygen atoms in total. The monoisotopic (exact) mass is 353 g/mol. The number of aryl methyl sites for hydroxylation is 1. The van der Waals surface area contributed by atoms with Crippen LogP contribution in [0.3, 0.4) is 0 Å². The van der Waals surface area contributed by atoms with Gasteiger partial charge in [-0.2, -0.15) is 0 Å². The number of carbonyl (C=O) groups is 2. The third-order valence-electron chi connectivity index (χ3n) is 3.60. The van der Waals surface area contributed by atoms with Crippen molar-refractivity contribution >= 4 is 23.6 Å². The Balaban J connectivity index is 1.92. The fourth-order valence-electron chi connectivity index (χ4n) is 2.21. The van der Waals surface area contributed by atoms with Crippen molar-refractivity contribution < 1.29 is 19.1 Å². The first kappa shape index (κ1) is 19.2. The van der Waals surface area contributed by atoms with Gasteiger partial charge in [-0.25, -0.2) is 4.79 Å². The van der Waals surface area contributed by atoms with Crippen LogP contribution in [-0.4, -0.2) is 24.6 Å². The zero-order chi connectivity index (χ0) is 18.9. The van der Waals surface area contributed by atoms with E-state index >= 15 is 0 Å². The van der Waals surface area contributed by atoms with Crippen molar-refractivity contribution in [3.63, 3.8) is 0 Å². The van der Waals surface area contributed by atoms with Crippen molar-refractivity contribution in [2.24, 2.45) is 0 Å².